The fourth-order valence-corrected chi connectivity index (χ4v) is 3.46. The van der Waals surface area contributed by atoms with Gasteiger partial charge in [0, 0.05) is 29.7 Å². The van der Waals surface area contributed by atoms with E-state index < -0.39 is 0 Å². The van der Waals surface area contributed by atoms with Crippen LogP contribution in [-0.4, -0.2) is 19.7 Å². The molecule has 6 nitrogen and oxygen atoms in total. The van der Waals surface area contributed by atoms with Crippen LogP contribution in [0.5, 0.6) is 0 Å². The molecule has 4 aromatic rings. The topological polar surface area (TPSA) is 68.8 Å². The van der Waals surface area contributed by atoms with E-state index in [2.05, 4.69) is 25.1 Å². The van der Waals surface area contributed by atoms with E-state index in [4.69, 9.17) is 4.42 Å². The van der Waals surface area contributed by atoms with Gasteiger partial charge in [0.15, 0.2) is 11.4 Å². The first kappa shape index (κ1) is 13.5. The van der Waals surface area contributed by atoms with E-state index in [9.17, 15) is 0 Å². The zero-order chi connectivity index (χ0) is 15.9. The smallest absolute Gasteiger partial charge is 0.196 e. The maximum Gasteiger partial charge on any atom is 0.196 e. The third-order valence-corrected chi connectivity index (χ3v) is 4.67. The van der Waals surface area contributed by atoms with Crippen LogP contribution in [0.4, 0.5) is 5.82 Å². The van der Waals surface area contributed by atoms with E-state index >= 15 is 0 Å². The van der Waals surface area contributed by atoms with Gasteiger partial charge < -0.3 is 9.73 Å². The van der Waals surface area contributed by atoms with Gasteiger partial charge in [0.25, 0.3) is 0 Å². The fraction of sp³-hybridized carbons (Fsp3) is 0.278. The summed E-state index contributed by atoms with van der Waals surface area (Å²) in [7, 11) is 0. The normalized spacial score (nSPS) is 14.2. The van der Waals surface area contributed by atoms with Gasteiger partial charge in [-0.1, -0.05) is 12.1 Å². The summed E-state index contributed by atoms with van der Waals surface area (Å²) in [6, 6.07) is 7.93. The molecule has 0 saturated carbocycles. The molecule has 120 valence electrons. The van der Waals surface area contributed by atoms with Gasteiger partial charge in [-0.25, -0.2) is 9.97 Å². The average Bonchev–Trinajstić information content (AvgIpc) is 3.21. The Hall–Kier alpha value is -2.89. The lowest BCUT2D eigenvalue weighted by Crippen LogP contribution is -2.13. The quantitative estimate of drug-likeness (QED) is 0.626. The third kappa shape index (κ3) is 2.06. The number of hydrogen-bond acceptors (Lipinski definition) is 5. The van der Waals surface area contributed by atoms with E-state index in [0.29, 0.717) is 12.1 Å². The summed E-state index contributed by atoms with van der Waals surface area (Å²) in [6.07, 6.45) is 7.10. The van der Waals surface area contributed by atoms with Crippen LogP contribution >= 0.6 is 0 Å². The van der Waals surface area contributed by atoms with Crippen LogP contribution in [0, 0.1) is 0 Å². The molecule has 0 bridgehead atoms. The van der Waals surface area contributed by atoms with Gasteiger partial charge in [-0.3, -0.25) is 4.68 Å². The minimum atomic E-state index is 0.693. The van der Waals surface area contributed by atoms with Crippen molar-refractivity contribution in [1.29, 1.82) is 0 Å². The summed E-state index contributed by atoms with van der Waals surface area (Å²) in [5.41, 5.74) is 4.96. The van der Waals surface area contributed by atoms with E-state index in [1.54, 1.807) is 6.33 Å². The van der Waals surface area contributed by atoms with Crippen LogP contribution in [-0.2, 0) is 19.5 Å². The summed E-state index contributed by atoms with van der Waals surface area (Å²) in [6.45, 7) is 1.72. The van der Waals surface area contributed by atoms with Gasteiger partial charge in [0.1, 0.15) is 17.4 Å². The number of aryl methyl sites for hydroxylation is 1. The molecule has 0 unspecified atom stereocenters. The number of nitrogens with one attached hydrogen (secondary N) is 1. The van der Waals surface area contributed by atoms with Crippen molar-refractivity contribution in [3.63, 3.8) is 0 Å². The third-order valence-electron chi connectivity index (χ3n) is 4.67. The summed E-state index contributed by atoms with van der Waals surface area (Å²) < 4.78 is 8.08. The first-order valence-corrected chi connectivity index (χ1v) is 8.30. The van der Waals surface area contributed by atoms with Crippen molar-refractivity contribution in [2.75, 3.05) is 5.32 Å². The van der Waals surface area contributed by atoms with E-state index in [-0.39, 0.29) is 0 Å². The Morgan fingerprint density at radius 1 is 1.17 bits per heavy atom. The van der Waals surface area contributed by atoms with Gasteiger partial charge in [0.05, 0.1) is 6.20 Å². The number of para-hydroxylation sites is 1. The highest BCUT2D eigenvalue weighted by Crippen LogP contribution is 2.30. The predicted octanol–water partition coefficient (Wildman–Crippen LogP) is 3.52. The molecule has 0 spiro atoms. The molecular formula is C18H17N5O. The van der Waals surface area contributed by atoms with Gasteiger partial charge in [-0.2, -0.15) is 5.10 Å². The molecule has 0 atom stereocenters. The number of aromatic nitrogens is 4. The molecule has 0 radical (unpaired) electrons. The second kappa shape index (κ2) is 5.33. The molecule has 0 amide bonds. The zero-order valence-corrected chi connectivity index (χ0v) is 13.2. The van der Waals surface area contributed by atoms with E-state index in [1.807, 2.05) is 30.5 Å². The number of rotatable bonds is 3. The molecule has 0 aliphatic carbocycles. The summed E-state index contributed by atoms with van der Waals surface area (Å²) in [5, 5.41) is 8.90. The molecule has 1 N–H and O–H groups in total. The first-order chi connectivity index (χ1) is 11.9. The summed E-state index contributed by atoms with van der Waals surface area (Å²) in [4.78, 5) is 8.75. The SMILES string of the molecule is c1ccc2c(c1)oc1c(NCc3cnn4c3CCCC4)ncnc12. The van der Waals surface area contributed by atoms with E-state index in [0.717, 1.165) is 35.3 Å². The fourth-order valence-electron chi connectivity index (χ4n) is 3.46. The molecule has 6 heteroatoms. The molecule has 3 aromatic heterocycles. The van der Waals surface area contributed by atoms with Crippen molar-refractivity contribution in [3.05, 3.63) is 48.0 Å². The van der Waals surface area contributed by atoms with Crippen LogP contribution in [0.2, 0.25) is 0 Å². The van der Waals surface area contributed by atoms with Gasteiger partial charge in [0.2, 0.25) is 0 Å². The Balaban J connectivity index is 1.50. The highest BCUT2D eigenvalue weighted by Gasteiger charge is 2.16. The molecule has 1 aromatic carbocycles. The Morgan fingerprint density at radius 2 is 2.12 bits per heavy atom. The maximum absolute atomic E-state index is 5.96. The lowest BCUT2D eigenvalue weighted by molar-refractivity contribution is 0.484. The Morgan fingerprint density at radius 3 is 3.12 bits per heavy atom. The molecule has 1 aliphatic heterocycles. The Bertz CT molecular complexity index is 1030. The number of furan rings is 1. The highest BCUT2D eigenvalue weighted by atomic mass is 16.3. The Kier molecular flexibility index (Phi) is 3.01. The van der Waals surface area contributed by atoms with E-state index in [1.165, 1.54) is 24.1 Å². The summed E-state index contributed by atoms with van der Waals surface area (Å²) >= 11 is 0. The molecule has 1 aliphatic rings. The van der Waals surface area contributed by atoms with Gasteiger partial charge >= 0.3 is 0 Å². The average molecular weight is 319 g/mol. The molecular weight excluding hydrogens is 302 g/mol. The van der Waals surface area contributed by atoms with Crippen molar-refractivity contribution in [2.24, 2.45) is 0 Å². The van der Waals surface area contributed by atoms with Crippen LogP contribution in [0.1, 0.15) is 24.1 Å². The number of anilines is 1. The maximum atomic E-state index is 5.96. The largest absolute Gasteiger partial charge is 0.450 e. The second-order valence-electron chi connectivity index (χ2n) is 6.15. The number of fused-ring (bicyclic) bond motifs is 4. The van der Waals surface area contributed by atoms with Crippen LogP contribution in [0.15, 0.2) is 41.2 Å². The van der Waals surface area contributed by atoms with Crippen molar-refractivity contribution in [2.45, 2.75) is 32.4 Å². The molecule has 5 rings (SSSR count). The molecule has 0 fully saturated rings. The Labute approximate surface area is 138 Å². The highest BCUT2D eigenvalue weighted by molar-refractivity contribution is 6.05. The monoisotopic (exact) mass is 319 g/mol. The number of nitrogens with zero attached hydrogens (tertiary/aromatic N) is 4. The zero-order valence-electron chi connectivity index (χ0n) is 13.2. The number of benzene rings is 1. The van der Waals surface area contributed by atoms with Crippen LogP contribution < -0.4 is 5.32 Å². The number of hydrogen-bond donors (Lipinski definition) is 1. The van der Waals surface area contributed by atoms with Gasteiger partial charge in [-0.05, 0) is 31.4 Å². The van der Waals surface area contributed by atoms with Crippen LogP contribution in [0.3, 0.4) is 0 Å². The predicted molar refractivity (Wildman–Crippen MR) is 91.8 cm³/mol. The van der Waals surface area contributed by atoms with Crippen molar-refractivity contribution >= 4 is 27.9 Å². The second-order valence-corrected chi connectivity index (χ2v) is 6.15. The minimum Gasteiger partial charge on any atom is -0.450 e. The lowest BCUT2D eigenvalue weighted by atomic mass is 10.1. The standard InChI is InChI=1S/C18H17N5O/c1-2-7-15-13(5-1)16-17(24-15)18(21-11-20-16)19-9-12-10-22-23-8-4-3-6-14(12)23/h1-2,5,7,10-11H,3-4,6,8-9H2,(H,19,20,21). The van der Waals surface area contributed by atoms with Crippen molar-refractivity contribution in [1.82, 2.24) is 19.7 Å². The lowest BCUT2D eigenvalue weighted by Gasteiger charge is -2.15. The first-order valence-electron chi connectivity index (χ1n) is 8.30. The van der Waals surface area contributed by atoms with Crippen LogP contribution in [0.25, 0.3) is 22.1 Å². The molecule has 4 heterocycles. The van der Waals surface area contributed by atoms with Crippen molar-refractivity contribution < 1.29 is 4.42 Å². The molecule has 0 saturated heterocycles. The van der Waals surface area contributed by atoms with Crippen molar-refractivity contribution in [3.8, 4) is 0 Å². The minimum absolute atomic E-state index is 0.693. The summed E-state index contributed by atoms with van der Waals surface area (Å²) in [5.74, 6) is 0.729. The molecule has 24 heavy (non-hydrogen) atoms. The van der Waals surface area contributed by atoms with Gasteiger partial charge in [-0.15, -0.1) is 0 Å².